The molecule has 0 saturated carbocycles. The maximum atomic E-state index is 12.8. The summed E-state index contributed by atoms with van der Waals surface area (Å²) >= 11 is 0. The number of carbonyl (C=O) groups is 3. The van der Waals surface area contributed by atoms with Crippen LogP contribution >= 0.6 is 0 Å². The Labute approximate surface area is 172 Å². The van der Waals surface area contributed by atoms with E-state index < -0.39 is 0 Å². The van der Waals surface area contributed by atoms with Crippen LogP contribution < -0.4 is 5.32 Å². The Morgan fingerprint density at radius 2 is 1.90 bits per heavy atom. The molecule has 1 spiro atoms. The number of hydrogen-bond donors (Lipinski definition) is 1. The fraction of sp³-hybridized carbons (Fsp3) is 0.609. The molecule has 1 aromatic rings. The van der Waals surface area contributed by atoms with Gasteiger partial charge in [-0.3, -0.25) is 14.4 Å². The Morgan fingerprint density at radius 1 is 1.10 bits per heavy atom. The summed E-state index contributed by atoms with van der Waals surface area (Å²) in [6.07, 6.45) is 6.29. The van der Waals surface area contributed by atoms with E-state index in [-0.39, 0.29) is 36.0 Å². The molecule has 2 fully saturated rings. The smallest absolute Gasteiger partial charge is 0.230 e. The summed E-state index contributed by atoms with van der Waals surface area (Å²) < 4.78 is 0. The van der Waals surface area contributed by atoms with Gasteiger partial charge in [0.15, 0.2) is 0 Å². The molecule has 1 aromatic carbocycles. The lowest BCUT2D eigenvalue weighted by molar-refractivity contribution is -0.137. The number of likely N-dealkylation sites (tertiary alicyclic amines) is 2. The van der Waals surface area contributed by atoms with Crippen molar-refractivity contribution in [2.75, 3.05) is 31.5 Å². The van der Waals surface area contributed by atoms with Gasteiger partial charge in [0.2, 0.25) is 17.7 Å². The number of aryl methyl sites for hydroxylation is 2. The second kappa shape index (κ2) is 8.17. The van der Waals surface area contributed by atoms with Crippen LogP contribution in [-0.2, 0) is 27.2 Å². The molecule has 2 saturated heterocycles. The van der Waals surface area contributed by atoms with E-state index in [4.69, 9.17) is 0 Å². The third-order valence-corrected chi connectivity index (χ3v) is 6.75. The molecule has 1 aliphatic carbocycles. The lowest BCUT2D eigenvalue weighted by Crippen LogP contribution is -2.38. The first-order chi connectivity index (χ1) is 14.0. The van der Waals surface area contributed by atoms with Crippen molar-refractivity contribution in [3.63, 3.8) is 0 Å². The monoisotopic (exact) mass is 397 g/mol. The molecule has 0 aromatic heterocycles. The standard InChI is InChI=1S/C23H31N3O3/c1-2-12-25-13-10-23(22(25)29)11-14-26(16-23)21(28)9-8-20(27)24-19-7-6-17-4-3-5-18(17)15-19/h6-7,15H,2-5,8-14,16H2,1H3,(H,24,27). The molecule has 29 heavy (non-hydrogen) atoms. The maximum Gasteiger partial charge on any atom is 0.230 e. The Morgan fingerprint density at radius 3 is 2.72 bits per heavy atom. The summed E-state index contributed by atoms with van der Waals surface area (Å²) in [5.41, 5.74) is 3.13. The topological polar surface area (TPSA) is 69.7 Å². The van der Waals surface area contributed by atoms with Crippen LogP contribution in [0.3, 0.4) is 0 Å². The fourth-order valence-electron chi connectivity index (χ4n) is 5.09. The summed E-state index contributed by atoms with van der Waals surface area (Å²) in [4.78, 5) is 41.4. The molecule has 6 heteroatoms. The number of carbonyl (C=O) groups excluding carboxylic acids is 3. The van der Waals surface area contributed by atoms with Gasteiger partial charge in [0.05, 0.1) is 5.41 Å². The van der Waals surface area contributed by atoms with Gasteiger partial charge in [-0.25, -0.2) is 0 Å². The van der Waals surface area contributed by atoms with Crippen molar-refractivity contribution in [2.24, 2.45) is 5.41 Å². The van der Waals surface area contributed by atoms with E-state index in [0.29, 0.717) is 13.1 Å². The van der Waals surface area contributed by atoms with Gasteiger partial charge in [-0.2, -0.15) is 0 Å². The zero-order chi connectivity index (χ0) is 20.4. The number of rotatable bonds is 6. The van der Waals surface area contributed by atoms with Crippen molar-refractivity contribution in [3.05, 3.63) is 29.3 Å². The van der Waals surface area contributed by atoms with Crippen LogP contribution in [0.4, 0.5) is 5.69 Å². The van der Waals surface area contributed by atoms with Crippen LogP contribution in [0.1, 0.15) is 56.6 Å². The van der Waals surface area contributed by atoms with Crippen LogP contribution in [-0.4, -0.2) is 53.7 Å². The fourth-order valence-corrected chi connectivity index (χ4v) is 5.09. The molecule has 1 unspecified atom stereocenters. The Kier molecular flexibility index (Phi) is 5.61. The summed E-state index contributed by atoms with van der Waals surface area (Å²) in [5.74, 6) is 0.0630. The highest BCUT2D eigenvalue weighted by molar-refractivity contribution is 5.93. The van der Waals surface area contributed by atoms with E-state index in [0.717, 1.165) is 50.9 Å². The minimum atomic E-state index is -0.377. The van der Waals surface area contributed by atoms with Crippen LogP contribution in [0.25, 0.3) is 0 Å². The van der Waals surface area contributed by atoms with Crippen molar-refractivity contribution in [1.29, 1.82) is 0 Å². The molecule has 6 nitrogen and oxygen atoms in total. The van der Waals surface area contributed by atoms with Crippen LogP contribution in [0.5, 0.6) is 0 Å². The molecule has 1 N–H and O–H groups in total. The lowest BCUT2D eigenvalue weighted by Gasteiger charge is -2.23. The summed E-state index contributed by atoms with van der Waals surface area (Å²) in [6.45, 7) is 4.82. The molecule has 4 rings (SSSR count). The zero-order valence-electron chi connectivity index (χ0n) is 17.3. The average Bonchev–Trinajstić information content (AvgIpc) is 3.42. The molecule has 3 aliphatic rings. The van der Waals surface area contributed by atoms with Crippen molar-refractivity contribution < 1.29 is 14.4 Å². The molecule has 1 atom stereocenters. The van der Waals surface area contributed by atoms with E-state index in [1.807, 2.05) is 11.0 Å². The molecule has 156 valence electrons. The number of anilines is 1. The molecule has 3 amide bonds. The normalized spacial score (nSPS) is 23.1. The van der Waals surface area contributed by atoms with Crippen molar-refractivity contribution in [2.45, 2.75) is 58.3 Å². The minimum absolute atomic E-state index is 0.0206. The van der Waals surface area contributed by atoms with Crippen LogP contribution in [0.2, 0.25) is 0 Å². The molecular weight excluding hydrogens is 366 g/mol. The zero-order valence-corrected chi connectivity index (χ0v) is 17.3. The highest BCUT2D eigenvalue weighted by atomic mass is 16.2. The average molecular weight is 398 g/mol. The third-order valence-electron chi connectivity index (χ3n) is 6.75. The van der Waals surface area contributed by atoms with Crippen molar-refractivity contribution >= 4 is 23.4 Å². The second-order valence-electron chi connectivity index (χ2n) is 8.77. The molecule has 2 aliphatic heterocycles. The Hall–Kier alpha value is -2.37. The minimum Gasteiger partial charge on any atom is -0.342 e. The van der Waals surface area contributed by atoms with E-state index in [2.05, 4.69) is 24.4 Å². The predicted octanol–water partition coefficient (Wildman–Crippen LogP) is 2.76. The van der Waals surface area contributed by atoms with Crippen molar-refractivity contribution in [1.82, 2.24) is 9.80 Å². The van der Waals surface area contributed by atoms with Gasteiger partial charge in [0.25, 0.3) is 0 Å². The van der Waals surface area contributed by atoms with Crippen LogP contribution in [0.15, 0.2) is 18.2 Å². The first kappa shape index (κ1) is 19.9. The van der Waals surface area contributed by atoms with Gasteiger partial charge in [-0.1, -0.05) is 13.0 Å². The Balaban J connectivity index is 1.26. The highest BCUT2D eigenvalue weighted by Gasteiger charge is 2.51. The molecule has 0 radical (unpaired) electrons. The molecular formula is C23H31N3O3. The number of nitrogens with one attached hydrogen (secondary N) is 1. The number of hydrogen-bond acceptors (Lipinski definition) is 3. The van der Waals surface area contributed by atoms with Gasteiger partial charge in [0.1, 0.15) is 0 Å². The summed E-state index contributed by atoms with van der Waals surface area (Å²) in [6, 6.07) is 6.09. The van der Waals surface area contributed by atoms with E-state index in [1.54, 1.807) is 4.90 Å². The number of amides is 3. The van der Waals surface area contributed by atoms with E-state index in [9.17, 15) is 14.4 Å². The Bertz CT molecular complexity index is 822. The van der Waals surface area contributed by atoms with Crippen molar-refractivity contribution in [3.8, 4) is 0 Å². The molecule has 2 heterocycles. The lowest BCUT2D eigenvalue weighted by atomic mass is 9.85. The SMILES string of the molecule is CCCN1CCC2(CCN(C(=O)CCC(=O)Nc3ccc4c(c3)CCC4)C2)C1=O. The van der Waals surface area contributed by atoms with Gasteiger partial charge in [0, 0.05) is 44.7 Å². The summed E-state index contributed by atoms with van der Waals surface area (Å²) in [5, 5.41) is 2.92. The largest absolute Gasteiger partial charge is 0.342 e. The first-order valence-corrected chi connectivity index (χ1v) is 11.0. The van der Waals surface area contributed by atoms with Gasteiger partial charge >= 0.3 is 0 Å². The molecule has 0 bridgehead atoms. The third kappa shape index (κ3) is 4.02. The number of benzene rings is 1. The van der Waals surface area contributed by atoms with E-state index >= 15 is 0 Å². The second-order valence-corrected chi connectivity index (χ2v) is 8.77. The van der Waals surface area contributed by atoms with Crippen LogP contribution in [0, 0.1) is 5.41 Å². The van der Waals surface area contributed by atoms with Gasteiger partial charge in [-0.05, 0) is 61.8 Å². The van der Waals surface area contributed by atoms with Gasteiger partial charge < -0.3 is 15.1 Å². The van der Waals surface area contributed by atoms with E-state index in [1.165, 1.54) is 17.5 Å². The highest BCUT2D eigenvalue weighted by Crippen LogP contribution is 2.40. The van der Waals surface area contributed by atoms with Gasteiger partial charge in [-0.15, -0.1) is 0 Å². The quantitative estimate of drug-likeness (QED) is 0.802. The number of nitrogens with zero attached hydrogens (tertiary/aromatic N) is 2. The predicted molar refractivity (Wildman–Crippen MR) is 111 cm³/mol. The maximum absolute atomic E-state index is 12.8. The number of fused-ring (bicyclic) bond motifs is 1. The summed E-state index contributed by atoms with van der Waals surface area (Å²) in [7, 11) is 0. The first-order valence-electron chi connectivity index (χ1n) is 11.0.